The van der Waals surface area contributed by atoms with Crippen LogP contribution < -0.4 is 24.4 Å². The Morgan fingerprint density at radius 1 is 0.976 bits per heavy atom. The highest BCUT2D eigenvalue weighted by atomic mass is 79.9. The Morgan fingerprint density at radius 2 is 1.81 bits per heavy atom. The molecule has 210 valence electrons. The molecule has 0 radical (unpaired) electrons. The lowest BCUT2D eigenvalue weighted by atomic mass is 9.83. The summed E-state index contributed by atoms with van der Waals surface area (Å²) in [6, 6.07) is 23.9. The molecule has 0 unspecified atom stereocenters. The molecule has 3 heterocycles. The van der Waals surface area contributed by atoms with E-state index < -0.39 is 0 Å². The molecule has 0 N–H and O–H groups in total. The zero-order valence-corrected chi connectivity index (χ0v) is 25.7. The maximum atomic E-state index is 14.1. The highest BCUT2D eigenvalue weighted by Gasteiger charge is 2.33. The molecular formula is C34H27BrN2O4S. The number of benzene rings is 3. The maximum Gasteiger partial charge on any atom is 0.271 e. The third-order valence-electron chi connectivity index (χ3n) is 7.89. The summed E-state index contributed by atoms with van der Waals surface area (Å²) >= 11 is 5.03. The molecule has 2 aliphatic rings. The largest absolute Gasteiger partial charge is 0.493 e. The Labute approximate surface area is 255 Å². The minimum atomic E-state index is -0.317. The smallest absolute Gasteiger partial charge is 0.271 e. The fourth-order valence-corrected chi connectivity index (χ4v) is 7.54. The molecule has 3 aromatic carbocycles. The van der Waals surface area contributed by atoms with Crippen molar-refractivity contribution in [3.8, 4) is 22.8 Å². The average molecular weight is 640 g/mol. The van der Waals surface area contributed by atoms with Crippen molar-refractivity contribution >= 4 is 39.0 Å². The summed E-state index contributed by atoms with van der Waals surface area (Å²) in [7, 11) is 3.25. The van der Waals surface area contributed by atoms with Gasteiger partial charge >= 0.3 is 0 Å². The predicted molar refractivity (Wildman–Crippen MR) is 169 cm³/mol. The molecule has 0 saturated heterocycles. The van der Waals surface area contributed by atoms with E-state index in [1.807, 2.05) is 60.0 Å². The second kappa shape index (κ2) is 10.6. The molecule has 1 aliphatic heterocycles. The number of furan rings is 1. The van der Waals surface area contributed by atoms with Gasteiger partial charge in [0.25, 0.3) is 5.56 Å². The van der Waals surface area contributed by atoms with Gasteiger partial charge in [0.2, 0.25) is 0 Å². The van der Waals surface area contributed by atoms with Gasteiger partial charge in [0.1, 0.15) is 11.5 Å². The van der Waals surface area contributed by atoms with Gasteiger partial charge in [-0.3, -0.25) is 9.36 Å². The van der Waals surface area contributed by atoms with Gasteiger partial charge in [-0.1, -0.05) is 63.7 Å². The fourth-order valence-electron chi connectivity index (χ4n) is 5.87. The first kappa shape index (κ1) is 26.7. The third kappa shape index (κ3) is 4.46. The van der Waals surface area contributed by atoms with Crippen molar-refractivity contribution in [2.45, 2.75) is 25.8 Å². The number of thiazole rings is 1. The first-order valence-electron chi connectivity index (χ1n) is 13.7. The molecule has 2 aromatic heterocycles. The molecule has 6 nitrogen and oxygen atoms in total. The second-order valence-electron chi connectivity index (χ2n) is 10.4. The van der Waals surface area contributed by atoms with Gasteiger partial charge < -0.3 is 13.9 Å². The number of hydrogen-bond donors (Lipinski definition) is 0. The van der Waals surface area contributed by atoms with Gasteiger partial charge in [0.05, 0.1) is 30.5 Å². The van der Waals surface area contributed by atoms with Crippen molar-refractivity contribution in [1.29, 1.82) is 0 Å². The van der Waals surface area contributed by atoms with Crippen molar-refractivity contribution in [3.63, 3.8) is 0 Å². The SMILES string of the molecule is COc1ccc([C@H]2C3=C(N=c4s/c(=C\c5ccc(-c6ccc(C)cc6Br)o5)c(=O)n42)c2ccccc2CC3)cc1OC. The zero-order valence-electron chi connectivity index (χ0n) is 23.3. The summed E-state index contributed by atoms with van der Waals surface area (Å²) in [6.07, 6.45) is 3.52. The Kier molecular flexibility index (Phi) is 6.75. The first-order chi connectivity index (χ1) is 20.4. The van der Waals surface area contributed by atoms with E-state index in [1.165, 1.54) is 16.9 Å². The predicted octanol–water partition coefficient (Wildman–Crippen LogP) is 6.67. The van der Waals surface area contributed by atoms with Gasteiger partial charge in [-0.15, -0.1) is 0 Å². The highest BCUT2D eigenvalue weighted by Crippen LogP contribution is 2.43. The van der Waals surface area contributed by atoms with Crippen molar-refractivity contribution in [2.24, 2.45) is 4.99 Å². The molecule has 0 bridgehead atoms. The van der Waals surface area contributed by atoms with Crippen LogP contribution in [0.1, 0.15) is 40.5 Å². The van der Waals surface area contributed by atoms with E-state index in [9.17, 15) is 4.79 Å². The number of aryl methyl sites for hydroxylation is 2. The molecule has 0 spiro atoms. The minimum Gasteiger partial charge on any atom is -0.493 e. The number of hydrogen-bond acceptors (Lipinski definition) is 6. The number of ether oxygens (including phenoxy) is 2. The summed E-state index contributed by atoms with van der Waals surface area (Å²) in [5, 5.41) is 0. The fraction of sp³-hybridized carbons (Fsp3) is 0.176. The number of nitrogens with zero attached hydrogens (tertiary/aromatic N) is 2. The standard InChI is InChI=1S/C34H27BrN2O4S/c1-19-8-12-24(26(35)16-19)27-15-11-22(41-27)18-30-33(38)37-32(21-10-14-28(39-2)29(17-21)40-3)25-13-9-20-6-4-5-7-23(20)31(25)36-34(37)42-30/h4-8,10-12,14-18,32H,9,13H2,1-3H3/b30-18-/t32-/m0/s1. The minimum absolute atomic E-state index is 0.0987. The molecular weight excluding hydrogens is 612 g/mol. The van der Waals surface area contributed by atoms with E-state index in [-0.39, 0.29) is 11.6 Å². The molecule has 0 fully saturated rings. The molecule has 0 amide bonds. The average Bonchev–Trinajstić information content (AvgIpc) is 3.59. The second-order valence-corrected chi connectivity index (χ2v) is 12.3. The molecule has 7 rings (SSSR count). The quantitative estimate of drug-likeness (QED) is 0.216. The van der Waals surface area contributed by atoms with Crippen LogP contribution in [0.2, 0.25) is 0 Å². The molecule has 0 saturated carbocycles. The Bertz CT molecular complexity index is 2080. The number of allylic oxidation sites excluding steroid dienone is 1. The summed E-state index contributed by atoms with van der Waals surface area (Å²) in [5.74, 6) is 2.61. The van der Waals surface area contributed by atoms with Crippen molar-refractivity contribution in [1.82, 2.24) is 4.57 Å². The summed E-state index contributed by atoms with van der Waals surface area (Å²) in [5.41, 5.74) is 7.45. The lowest BCUT2D eigenvalue weighted by molar-refractivity contribution is 0.354. The molecule has 1 atom stereocenters. The third-order valence-corrected chi connectivity index (χ3v) is 9.53. The van der Waals surface area contributed by atoms with Crippen LogP contribution in [0, 0.1) is 6.92 Å². The Hall–Kier alpha value is -4.14. The van der Waals surface area contributed by atoms with Gasteiger partial charge in [-0.2, -0.15) is 0 Å². The van der Waals surface area contributed by atoms with E-state index in [2.05, 4.69) is 46.3 Å². The van der Waals surface area contributed by atoms with Gasteiger partial charge in [-0.25, -0.2) is 4.99 Å². The zero-order chi connectivity index (χ0) is 29.0. The van der Waals surface area contributed by atoms with Crippen LogP contribution in [0.25, 0.3) is 23.1 Å². The molecule has 5 aromatic rings. The monoisotopic (exact) mass is 638 g/mol. The van der Waals surface area contributed by atoms with Crippen LogP contribution in [0.3, 0.4) is 0 Å². The van der Waals surface area contributed by atoms with Crippen LogP contribution in [0.4, 0.5) is 0 Å². The highest BCUT2D eigenvalue weighted by molar-refractivity contribution is 9.10. The van der Waals surface area contributed by atoms with Crippen molar-refractivity contribution in [3.05, 3.63) is 131 Å². The van der Waals surface area contributed by atoms with E-state index in [4.69, 9.17) is 18.9 Å². The summed E-state index contributed by atoms with van der Waals surface area (Å²) < 4.78 is 20.7. The number of halogens is 1. The lowest BCUT2D eigenvalue weighted by Gasteiger charge is -2.31. The van der Waals surface area contributed by atoms with E-state index in [0.29, 0.717) is 26.6 Å². The van der Waals surface area contributed by atoms with Crippen LogP contribution >= 0.6 is 27.3 Å². The van der Waals surface area contributed by atoms with Crippen LogP contribution in [-0.2, 0) is 6.42 Å². The van der Waals surface area contributed by atoms with E-state index in [1.54, 1.807) is 14.2 Å². The van der Waals surface area contributed by atoms with E-state index in [0.717, 1.165) is 56.6 Å². The van der Waals surface area contributed by atoms with Gasteiger partial charge in [0.15, 0.2) is 16.3 Å². The molecule has 8 heteroatoms. The molecule has 42 heavy (non-hydrogen) atoms. The number of fused-ring (bicyclic) bond motifs is 3. The lowest BCUT2D eigenvalue weighted by Crippen LogP contribution is -2.38. The number of aromatic nitrogens is 1. The van der Waals surface area contributed by atoms with Gasteiger partial charge in [0, 0.05) is 21.7 Å². The topological polar surface area (TPSA) is 66.0 Å². The Balaban J connectivity index is 1.40. The maximum absolute atomic E-state index is 14.1. The number of methoxy groups -OCH3 is 2. The Morgan fingerprint density at radius 3 is 2.62 bits per heavy atom. The van der Waals surface area contributed by atoms with Crippen LogP contribution in [0.15, 0.2) is 97.0 Å². The number of rotatable bonds is 5. The summed E-state index contributed by atoms with van der Waals surface area (Å²) in [6.45, 7) is 2.05. The van der Waals surface area contributed by atoms with Gasteiger partial charge in [-0.05, 0) is 78.4 Å². The molecule has 1 aliphatic carbocycles. The summed E-state index contributed by atoms with van der Waals surface area (Å²) in [4.78, 5) is 19.9. The van der Waals surface area contributed by atoms with Crippen molar-refractivity contribution in [2.75, 3.05) is 14.2 Å². The van der Waals surface area contributed by atoms with Crippen LogP contribution in [0.5, 0.6) is 11.5 Å². The van der Waals surface area contributed by atoms with E-state index >= 15 is 0 Å². The van der Waals surface area contributed by atoms with Crippen molar-refractivity contribution < 1.29 is 13.9 Å². The van der Waals surface area contributed by atoms with Crippen LogP contribution in [-0.4, -0.2) is 18.8 Å². The normalized spacial score (nSPS) is 16.0. The first-order valence-corrected chi connectivity index (χ1v) is 15.3.